The molecule has 0 unspecified atom stereocenters. The van der Waals surface area contributed by atoms with Crippen LogP contribution >= 0.6 is 11.3 Å². The minimum atomic E-state index is -0.176. The van der Waals surface area contributed by atoms with E-state index in [9.17, 15) is 9.59 Å². The van der Waals surface area contributed by atoms with Gasteiger partial charge in [0, 0.05) is 30.7 Å². The fourth-order valence-electron chi connectivity index (χ4n) is 2.94. The van der Waals surface area contributed by atoms with Crippen LogP contribution in [0.2, 0.25) is 0 Å². The maximum absolute atomic E-state index is 12.3. The Morgan fingerprint density at radius 1 is 1.32 bits per heavy atom. The van der Waals surface area contributed by atoms with Gasteiger partial charge in [-0.2, -0.15) is 0 Å². The van der Waals surface area contributed by atoms with Gasteiger partial charge in [-0.1, -0.05) is 11.3 Å². The van der Waals surface area contributed by atoms with Gasteiger partial charge in [0.25, 0.3) is 0 Å². The molecule has 0 bridgehead atoms. The number of hydrogen-bond donors (Lipinski definition) is 1. The Morgan fingerprint density at radius 3 is 2.68 bits per heavy atom. The summed E-state index contributed by atoms with van der Waals surface area (Å²) in [5.41, 5.74) is 0.802. The lowest BCUT2D eigenvalue weighted by Crippen LogP contribution is -2.44. The Bertz CT molecular complexity index is 773. The molecule has 3 heterocycles. The predicted octanol–water partition coefficient (Wildman–Crippen LogP) is 1.31. The van der Waals surface area contributed by atoms with Crippen molar-refractivity contribution < 1.29 is 13.9 Å². The average Bonchev–Trinajstić information content (AvgIpc) is 3.17. The van der Waals surface area contributed by atoms with E-state index in [1.807, 2.05) is 26.0 Å². The fraction of sp³-hybridized carbons (Fsp3) is 0.529. The molecule has 1 saturated heterocycles. The number of aryl methyl sites for hydroxylation is 2. The van der Waals surface area contributed by atoms with Crippen molar-refractivity contribution in [1.82, 2.24) is 14.8 Å². The monoisotopic (exact) mass is 365 g/mol. The van der Waals surface area contributed by atoms with Crippen LogP contribution < -0.4 is 10.2 Å². The average molecular weight is 365 g/mol. The molecule has 0 aliphatic carbocycles. The summed E-state index contributed by atoms with van der Waals surface area (Å²) >= 11 is 1.11. The number of aromatic nitrogens is 1. The van der Waals surface area contributed by atoms with Crippen molar-refractivity contribution in [3.8, 4) is 0 Å². The van der Waals surface area contributed by atoms with Crippen LogP contribution in [0.25, 0.3) is 0 Å². The number of nitrogens with zero attached hydrogens (tertiary/aromatic N) is 2. The first-order valence-electron chi connectivity index (χ1n) is 8.34. The molecule has 7 nitrogen and oxygen atoms in total. The number of morpholine rings is 1. The summed E-state index contributed by atoms with van der Waals surface area (Å²) in [6.45, 7) is 7.15. The van der Waals surface area contributed by atoms with E-state index in [1.54, 1.807) is 5.38 Å². The van der Waals surface area contributed by atoms with E-state index in [4.69, 9.17) is 9.15 Å². The molecule has 25 heavy (non-hydrogen) atoms. The van der Waals surface area contributed by atoms with Gasteiger partial charge in [-0.3, -0.25) is 19.1 Å². The summed E-state index contributed by atoms with van der Waals surface area (Å²) in [5, 5.41) is 4.71. The summed E-state index contributed by atoms with van der Waals surface area (Å²) in [6.07, 6.45) is 0. The highest BCUT2D eigenvalue weighted by atomic mass is 32.1. The van der Waals surface area contributed by atoms with Crippen LogP contribution in [-0.4, -0.2) is 48.2 Å². The maximum Gasteiger partial charge on any atom is 0.307 e. The number of thiazole rings is 1. The Morgan fingerprint density at radius 2 is 2.08 bits per heavy atom. The van der Waals surface area contributed by atoms with Gasteiger partial charge in [0.05, 0.1) is 19.3 Å². The summed E-state index contributed by atoms with van der Waals surface area (Å²) in [4.78, 5) is 26.2. The summed E-state index contributed by atoms with van der Waals surface area (Å²) in [7, 11) is 0. The molecule has 1 aliphatic heterocycles. The number of carbonyl (C=O) groups excluding carboxylic acids is 1. The highest BCUT2D eigenvalue weighted by molar-refractivity contribution is 7.07. The molecule has 0 spiro atoms. The molecule has 1 aliphatic rings. The molecule has 0 radical (unpaired) electrons. The lowest BCUT2D eigenvalue weighted by atomic mass is 10.1. The van der Waals surface area contributed by atoms with Gasteiger partial charge in [-0.15, -0.1) is 0 Å². The topological polar surface area (TPSA) is 76.7 Å². The standard InChI is InChI=1S/C17H23N3O4S/c1-12-11-25-17(22)20(12)10-16(21)18-9-14(15-4-3-13(2)24-15)19-5-7-23-8-6-19/h3-4,11,14H,5-10H2,1-2H3,(H,18,21)/t14-/m0/s1. The van der Waals surface area contributed by atoms with Crippen molar-refractivity contribution in [2.24, 2.45) is 0 Å². The third kappa shape index (κ3) is 4.39. The van der Waals surface area contributed by atoms with Crippen molar-refractivity contribution >= 4 is 17.2 Å². The molecule has 1 atom stereocenters. The number of ether oxygens (including phenoxy) is 1. The molecule has 2 aromatic heterocycles. The molecule has 8 heteroatoms. The van der Waals surface area contributed by atoms with Crippen LogP contribution in [0.5, 0.6) is 0 Å². The van der Waals surface area contributed by atoms with Crippen LogP contribution in [0.3, 0.4) is 0 Å². The van der Waals surface area contributed by atoms with Crippen molar-refractivity contribution in [3.05, 3.63) is 44.4 Å². The highest BCUT2D eigenvalue weighted by Gasteiger charge is 2.25. The van der Waals surface area contributed by atoms with Gasteiger partial charge in [0.1, 0.15) is 18.1 Å². The minimum absolute atomic E-state index is 0.0400. The van der Waals surface area contributed by atoms with Crippen LogP contribution in [0.15, 0.2) is 26.7 Å². The molecule has 1 fully saturated rings. The van der Waals surface area contributed by atoms with E-state index in [2.05, 4.69) is 10.2 Å². The summed E-state index contributed by atoms with van der Waals surface area (Å²) in [6, 6.07) is 3.84. The molecule has 0 saturated carbocycles. The molecule has 1 N–H and O–H groups in total. The fourth-order valence-corrected chi connectivity index (χ4v) is 3.67. The van der Waals surface area contributed by atoms with Gasteiger partial charge in [0.2, 0.25) is 5.91 Å². The number of hydrogen-bond acceptors (Lipinski definition) is 6. The van der Waals surface area contributed by atoms with Gasteiger partial charge in [0.15, 0.2) is 0 Å². The highest BCUT2D eigenvalue weighted by Crippen LogP contribution is 2.23. The van der Waals surface area contributed by atoms with Crippen molar-refractivity contribution in [2.75, 3.05) is 32.8 Å². The third-order valence-corrected chi connectivity index (χ3v) is 5.23. The van der Waals surface area contributed by atoms with Gasteiger partial charge in [-0.25, -0.2) is 0 Å². The maximum atomic E-state index is 12.3. The van der Waals surface area contributed by atoms with Crippen LogP contribution in [0.4, 0.5) is 0 Å². The van der Waals surface area contributed by atoms with E-state index in [-0.39, 0.29) is 23.4 Å². The van der Waals surface area contributed by atoms with E-state index in [0.717, 1.165) is 41.6 Å². The second-order valence-corrected chi connectivity index (χ2v) is 6.97. The van der Waals surface area contributed by atoms with E-state index < -0.39 is 0 Å². The van der Waals surface area contributed by atoms with Crippen LogP contribution in [-0.2, 0) is 16.1 Å². The summed E-state index contributed by atoms with van der Waals surface area (Å²) < 4.78 is 12.7. The summed E-state index contributed by atoms with van der Waals surface area (Å²) in [5.74, 6) is 1.51. The Kier molecular flexibility index (Phi) is 5.72. The molecule has 3 rings (SSSR count). The Balaban J connectivity index is 1.65. The molecular weight excluding hydrogens is 342 g/mol. The van der Waals surface area contributed by atoms with E-state index in [0.29, 0.717) is 19.8 Å². The van der Waals surface area contributed by atoms with Crippen molar-refractivity contribution in [1.29, 1.82) is 0 Å². The number of carbonyl (C=O) groups is 1. The van der Waals surface area contributed by atoms with Crippen molar-refractivity contribution in [2.45, 2.75) is 26.4 Å². The second kappa shape index (κ2) is 7.99. The lowest BCUT2D eigenvalue weighted by Gasteiger charge is -2.33. The van der Waals surface area contributed by atoms with E-state index >= 15 is 0 Å². The van der Waals surface area contributed by atoms with Crippen LogP contribution in [0, 0.1) is 13.8 Å². The number of furan rings is 1. The predicted molar refractivity (Wildman–Crippen MR) is 94.9 cm³/mol. The molecule has 0 aromatic carbocycles. The molecule has 2 aromatic rings. The first kappa shape index (κ1) is 17.9. The Hall–Kier alpha value is -1.90. The SMILES string of the molecule is Cc1ccc([C@H](CNC(=O)Cn2c(C)csc2=O)N2CCOCC2)o1. The zero-order valence-corrected chi connectivity index (χ0v) is 15.3. The number of rotatable bonds is 6. The molecule has 136 valence electrons. The molecule has 1 amide bonds. The zero-order chi connectivity index (χ0) is 17.8. The molecular formula is C17H23N3O4S. The van der Waals surface area contributed by atoms with Crippen molar-refractivity contribution in [3.63, 3.8) is 0 Å². The lowest BCUT2D eigenvalue weighted by molar-refractivity contribution is -0.122. The first-order valence-corrected chi connectivity index (χ1v) is 9.22. The van der Waals surface area contributed by atoms with Gasteiger partial charge in [-0.05, 0) is 26.0 Å². The smallest absolute Gasteiger partial charge is 0.307 e. The van der Waals surface area contributed by atoms with E-state index in [1.165, 1.54) is 4.57 Å². The number of nitrogens with one attached hydrogen (secondary N) is 1. The normalized spacial score (nSPS) is 16.7. The second-order valence-electron chi connectivity index (χ2n) is 6.15. The van der Waals surface area contributed by atoms with Gasteiger partial charge < -0.3 is 14.5 Å². The quantitative estimate of drug-likeness (QED) is 0.835. The van der Waals surface area contributed by atoms with Gasteiger partial charge >= 0.3 is 4.87 Å². The minimum Gasteiger partial charge on any atom is -0.465 e. The zero-order valence-electron chi connectivity index (χ0n) is 14.5. The van der Waals surface area contributed by atoms with Crippen LogP contribution in [0.1, 0.15) is 23.3 Å². The first-order chi connectivity index (χ1) is 12.0. The third-order valence-electron chi connectivity index (χ3n) is 4.35. The largest absolute Gasteiger partial charge is 0.465 e. The Labute approximate surface area is 150 Å². The number of amides is 1.